The molecule has 0 saturated carbocycles. The SMILES string of the molecule is CC(C)=CCC(C)(CC(C)C=O)c1cc(C#N)ccc1C. The topological polar surface area (TPSA) is 40.9 Å². The predicted molar refractivity (Wildman–Crippen MR) is 87.1 cm³/mol. The highest BCUT2D eigenvalue weighted by Crippen LogP contribution is 2.37. The van der Waals surface area contributed by atoms with Crippen LogP contribution < -0.4 is 0 Å². The van der Waals surface area contributed by atoms with E-state index in [1.807, 2.05) is 25.1 Å². The van der Waals surface area contributed by atoms with E-state index in [0.29, 0.717) is 5.56 Å². The summed E-state index contributed by atoms with van der Waals surface area (Å²) in [6.45, 7) is 10.4. The van der Waals surface area contributed by atoms with Crippen LogP contribution in [0.25, 0.3) is 0 Å². The van der Waals surface area contributed by atoms with Crippen molar-refractivity contribution in [3.8, 4) is 6.07 Å². The molecule has 0 spiro atoms. The highest BCUT2D eigenvalue weighted by Gasteiger charge is 2.29. The van der Waals surface area contributed by atoms with E-state index in [2.05, 4.69) is 39.8 Å². The number of allylic oxidation sites excluding steroid dienone is 2. The average molecular weight is 283 g/mol. The largest absolute Gasteiger partial charge is 0.303 e. The van der Waals surface area contributed by atoms with Crippen molar-refractivity contribution in [3.05, 3.63) is 46.5 Å². The number of hydrogen-bond donors (Lipinski definition) is 0. The normalized spacial score (nSPS) is 14.7. The average Bonchev–Trinajstić information content (AvgIpc) is 2.45. The molecule has 21 heavy (non-hydrogen) atoms. The molecule has 0 aliphatic carbocycles. The second-order valence-corrected chi connectivity index (χ2v) is 6.51. The minimum atomic E-state index is -0.130. The molecular formula is C19H25NO. The number of aryl methyl sites for hydroxylation is 1. The first-order valence-electron chi connectivity index (χ1n) is 7.42. The summed E-state index contributed by atoms with van der Waals surface area (Å²) in [4.78, 5) is 11.1. The maximum Gasteiger partial charge on any atom is 0.122 e. The van der Waals surface area contributed by atoms with Gasteiger partial charge in [0.25, 0.3) is 0 Å². The van der Waals surface area contributed by atoms with Crippen LogP contribution in [0.1, 0.15) is 57.2 Å². The highest BCUT2D eigenvalue weighted by molar-refractivity contribution is 5.53. The number of nitriles is 1. The Hall–Kier alpha value is -1.88. The lowest BCUT2D eigenvalue weighted by atomic mass is 9.71. The van der Waals surface area contributed by atoms with Crippen molar-refractivity contribution in [2.75, 3.05) is 0 Å². The Kier molecular flexibility index (Phi) is 5.90. The van der Waals surface area contributed by atoms with Crippen LogP contribution in [-0.4, -0.2) is 6.29 Å². The fourth-order valence-corrected chi connectivity index (χ4v) is 2.83. The highest BCUT2D eigenvalue weighted by atomic mass is 16.1. The van der Waals surface area contributed by atoms with Crippen LogP contribution in [0.5, 0.6) is 0 Å². The Bertz CT molecular complexity index is 576. The van der Waals surface area contributed by atoms with Crippen LogP contribution in [-0.2, 0) is 10.2 Å². The molecule has 112 valence electrons. The molecule has 0 radical (unpaired) electrons. The van der Waals surface area contributed by atoms with E-state index in [1.54, 1.807) is 0 Å². The van der Waals surface area contributed by atoms with Crippen molar-refractivity contribution in [1.82, 2.24) is 0 Å². The van der Waals surface area contributed by atoms with E-state index < -0.39 is 0 Å². The van der Waals surface area contributed by atoms with Gasteiger partial charge in [-0.3, -0.25) is 0 Å². The fraction of sp³-hybridized carbons (Fsp3) is 0.474. The van der Waals surface area contributed by atoms with Crippen LogP contribution >= 0.6 is 0 Å². The summed E-state index contributed by atoms with van der Waals surface area (Å²) in [5.41, 5.74) is 4.17. The monoisotopic (exact) mass is 283 g/mol. The van der Waals surface area contributed by atoms with Gasteiger partial charge < -0.3 is 4.79 Å². The third-order valence-electron chi connectivity index (χ3n) is 3.98. The van der Waals surface area contributed by atoms with Gasteiger partial charge >= 0.3 is 0 Å². The molecule has 2 atom stereocenters. The van der Waals surface area contributed by atoms with Gasteiger partial charge in [-0.25, -0.2) is 0 Å². The van der Waals surface area contributed by atoms with Crippen LogP contribution in [0.4, 0.5) is 0 Å². The molecule has 0 bridgehead atoms. The summed E-state index contributed by atoms with van der Waals surface area (Å²) >= 11 is 0. The molecular weight excluding hydrogens is 258 g/mol. The number of aldehydes is 1. The molecule has 0 fully saturated rings. The summed E-state index contributed by atoms with van der Waals surface area (Å²) in [6.07, 6.45) is 4.90. The second-order valence-electron chi connectivity index (χ2n) is 6.51. The van der Waals surface area contributed by atoms with Crippen molar-refractivity contribution in [2.45, 2.75) is 52.9 Å². The summed E-state index contributed by atoms with van der Waals surface area (Å²) in [5.74, 6) is 0.00528. The number of hydrogen-bond acceptors (Lipinski definition) is 2. The molecule has 0 N–H and O–H groups in total. The second kappa shape index (κ2) is 7.22. The number of nitrogens with zero attached hydrogens (tertiary/aromatic N) is 1. The van der Waals surface area contributed by atoms with Crippen LogP contribution in [0, 0.1) is 24.2 Å². The van der Waals surface area contributed by atoms with Crippen molar-refractivity contribution in [2.24, 2.45) is 5.92 Å². The van der Waals surface area contributed by atoms with Crippen LogP contribution in [0.15, 0.2) is 29.8 Å². The molecule has 0 amide bonds. The van der Waals surface area contributed by atoms with Gasteiger partial charge in [0.2, 0.25) is 0 Å². The Morgan fingerprint density at radius 1 is 1.43 bits per heavy atom. The Labute approximate surface area is 128 Å². The van der Waals surface area contributed by atoms with E-state index in [0.717, 1.165) is 19.1 Å². The zero-order valence-corrected chi connectivity index (χ0v) is 13.7. The maximum atomic E-state index is 11.1. The van der Waals surface area contributed by atoms with E-state index in [9.17, 15) is 4.79 Å². The lowest BCUT2D eigenvalue weighted by Gasteiger charge is -2.32. The van der Waals surface area contributed by atoms with Gasteiger partial charge in [-0.2, -0.15) is 5.26 Å². The summed E-state index contributed by atoms with van der Waals surface area (Å²) in [5, 5.41) is 9.15. The quantitative estimate of drug-likeness (QED) is 0.560. The Morgan fingerprint density at radius 3 is 2.62 bits per heavy atom. The molecule has 1 rings (SSSR count). The predicted octanol–water partition coefficient (Wildman–Crippen LogP) is 4.71. The minimum Gasteiger partial charge on any atom is -0.303 e. The number of carbonyl (C=O) groups is 1. The smallest absolute Gasteiger partial charge is 0.122 e. The molecule has 0 aliphatic heterocycles. The number of benzene rings is 1. The molecule has 1 aromatic rings. The Morgan fingerprint density at radius 2 is 2.10 bits per heavy atom. The third-order valence-corrected chi connectivity index (χ3v) is 3.98. The van der Waals surface area contributed by atoms with Gasteiger partial charge in [-0.1, -0.05) is 31.6 Å². The Balaban J connectivity index is 3.32. The van der Waals surface area contributed by atoms with Gasteiger partial charge in [-0.05, 0) is 62.3 Å². The number of carbonyl (C=O) groups excluding carboxylic acids is 1. The van der Waals surface area contributed by atoms with Gasteiger partial charge in [0.1, 0.15) is 6.29 Å². The van der Waals surface area contributed by atoms with E-state index in [1.165, 1.54) is 16.7 Å². The lowest BCUT2D eigenvalue weighted by Crippen LogP contribution is -2.26. The van der Waals surface area contributed by atoms with Crippen molar-refractivity contribution in [3.63, 3.8) is 0 Å². The van der Waals surface area contributed by atoms with Gasteiger partial charge in [-0.15, -0.1) is 0 Å². The van der Waals surface area contributed by atoms with E-state index in [-0.39, 0.29) is 11.3 Å². The molecule has 0 aromatic heterocycles. The van der Waals surface area contributed by atoms with E-state index in [4.69, 9.17) is 5.26 Å². The minimum absolute atomic E-state index is 0.00528. The van der Waals surface area contributed by atoms with E-state index >= 15 is 0 Å². The van der Waals surface area contributed by atoms with Crippen molar-refractivity contribution >= 4 is 6.29 Å². The zero-order chi connectivity index (χ0) is 16.0. The zero-order valence-electron chi connectivity index (χ0n) is 13.7. The molecule has 0 heterocycles. The molecule has 0 aliphatic rings. The molecule has 2 heteroatoms. The summed E-state index contributed by atoms with van der Waals surface area (Å²) < 4.78 is 0. The van der Waals surface area contributed by atoms with Gasteiger partial charge in [0.05, 0.1) is 11.6 Å². The molecule has 2 nitrogen and oxygen atoms in total. The fourth-order valence-electron chi connectivity index (χ4n) is 2.83. The molecule has 2 unspecified atom stereocenters. The molecule has 0 saturated heterocycles. The third kappa shape index (κ3) is 4.56. The number of rotatable bonds is 6. The van der Waals surface area contributed by atoms with Gasteiger partial charge in [0, 0.05) is 5.92 Å². The first-order valence-corrected chi connectivity index (χ1v) is 7.42. The molecule has 1 aromatic carbocycles. The first kappa shape index (κ1) is 17.2. The van der Waals surface area contributed by atoms with Crippen molar-refractivity contribution < 1.29 is 4.79 Å². The van der Waals surface area contributed by atoms with Crippen LogP contribution in [0.2, 0.25) is 0 Å². The summed E-state index contributed by atoms with van der Waals surface area (Å²) in [7, 11) is 0. The van der Waals surface area contributed by atoms with Crippen LogP contribution in [0.3, 0.4) is 0 Å². The maximum absolute atomic E-state index is 11.1. The first-order chi connectivity index (χ1) is 9.82. The van der Waals surface area contributed by atoms with Crippen molar-refractivity contribution in [1.29, 1.82) is 5.26 Å². The standard InChI is InChI=1S/C19H25NO/c1-14(2)8-9-19(5,11-15(3)13-21)18-10-17(12-20)7-6-16(18)4/h6-8,10,13,15H,9,11H2,1-5H3. The summed E-state index contributed by atoms with van der Waals surface area (Å²) in [6, 6.07) is 8.04. The van der Waals surface area contributed by atoms with Gasteiger partial charge in [0.15, 0.2) is 0 Å². The lowest BCUT2D eigenvalue weighted by molar-refractivity contribution is -0.111.